The first-order chi connectivity index (χ1) is 9.41. The topological polar surface area (TPSA) is 107 Å². The zero-order valence-electron chi connectivity index (χ0n) is 11.5. The van der Waals surface area contributed by atoms with Crippen LogP contribution in [0.25, 0.3) is 0 Å². The lowest BCUT2D eigenvalue weighted by Crippen LogP contribution is -2.46. The molecule has 7 heteroatoms. The molecule has 0 saturated heterocycles. The van der Waals surface area contributed by atoms with E-state index in [1.165, 1.54) is 24.3 Å². The maximum absolute atomic E-state index is 11.2. The summed E-state index contributed by atoms with van der Waals surface area (Å²) in [6, 6.07) is 5.43. The summed E-state index contributed by atoms with van der Waals surface area (Å²) in [4.78, 5) is 21.2. The Balaban J connectivity index is 2.37. The second kappa shape index (κ2) is 7.44. The number of amides is 1. The minimum Gasteiger partial charge on any atom is -0.492 e. The van der Waals surface area contributed by atoms with E-state index < -0.39 is 16.9 Å². The number of nitrogens with zero attached hydrogens (tertiary/aromatic N) is 1. The van der Waals surface area contributed by atoms with Crippen LogP contribution in [0.5, 0.6) is 5.75 Å². The molecule has 20 heavy (non-hydrogen) atoms. The second-order valence-corrected chi connectivity index (χ2v) is 4.68. The average Bonchev–Trinajstić information content (AvgIpc) is 2.38. The fraction of sp³-hybridized carbons (Fsp3) is 0.462. The zero-order valence-corrected chi connectivity index (χ0v) is 11.5. The van der Waals surface area contributed by atoms with Crippen LogP contribution in [0.2, 0.25) is 0 Å². The molecule has 1 atom stereocenters. The maximum Gasteiger partial charge on any atom is 0.269 e. The van der Waals surface area contributed by atoms with Gasteiger partial charge in [0, 0.05) is 18.7 Å². The van der Waals surface area contributed by atoms with Crippen molar-refractivity contribution >= 4 is 11.6 Å². The van der Waals surface area contributed by atoms with Crippen molar-refractivity contribution in [1.82, 2.24) is 5.32 Å². The van der Waals surface area contributed by atoms with Crippen LogP contribution in [0.4, 0.5) is 5.69 Å². The molecule has 1 unspecified atom stereocenters. The van der Waals surface area contributed by atoms with Gasteiger partial charge in [0.25, 0.3) is 5.69 Å². The van der Waals surface area contributed by atoms with Crippen LogP contribution in [0.3, 0.4) is 0 Å². The van der Waals surface area contributed by atoms with Crippen molar-refractivity contribution in [1.29, 1.82) is 0 Å². The average molecular weight is 281 g/mol. The van der Waals surface area contributed by atoms with Gasteiger partial charge in [-0.25, -0.2) is 0 Å². The Labute approximate surface area is 117 Å². The molecule has 1 rings (SSSR count). The highest BCUT2D eigenvalue weighted by Gasteiger charge is 2.18. The Kier molecular flexibility index (Phi) is 5.92. The highest BCUT2D eigenvalue weighted by Crippen LogP contribution is 2.16. The van der Waals surface area contributed by atoms with E-state index in [1.54, 1.807) is 0 Å². The third-order valence-electron chi connectivity index (χ3n) is 2.76. The minimum absolute atomic E-state index is 0.0177. The van der Waals surface area contributed by atoms with Crippen molar-refractivity contribution in [2.45, 2.75) is 19.9 Å². The lowest BCUT2D eigenvalue weighted by molar-refractivity contribution is -0.384. The van der Waals surface area contributed by atoms with Gasteiger partial charge < -0.3 is 15.8 Å². The number of nitro groups is 1. The number of benzene rings is 1. The minimum atomic E-state index is -0.467. The fourth-order valence-corrected chi connectivity index (χ4v) is 1.71. The zero-order chi connectivity index (χ0) is 15.1. The first-order valence-electron chi connectivity index (χ1n) is 6.31. The number of carbonyl (C=O) groups is 1. The van der Waals surface area contributed by atoms with Crippen LogP contribution in [0.15, 0.2) is 24.3 Å². The summed E-state index contributed by atoms with van der Waals surface area (Å²) in [5.74, 6) is 0.250. The molecule has 0 aliphatic rings. The molecule has 0 spiro atoms. The molecule has 0 fully saturated rings. The maximum atomic E-state index is 11.2. The van der Waals surface area contributed by atoms with Crippen LogP contribution in [0.1, 0.15) is 13.8 Å². The number of primary amides is 1. The molecule has 0 radical (unpaired) electrons. The molecule has 0 aliphatic heterocycles. The SMILES string of the molecule is CC(C)C(NCCOc1ccc([N+](=O)[O-])cc1)C(N)=O. The van der Waals surface area contributed by atoms with Crippen LogP contribution >= 0.6 is 0 Å². The number of carbonyl (C=O) groups excluding carboxylic acids is 1. The summed E-state index contributed by atoms with van der Waals surface area (Å²) < 4.78 is 5.41. The van der Waals surface area contributed by atoms with Crippen LogP contribution in [-0.4, -0.2) is 30.0 Å². The van der Waals surface area contributed by atoms with Crippen LogP contribution < -0.4 is 15.8 Å². The van der Waals surface area contributed by atoms with Gasteiger partial charge in [0.2, 0.25) is 5.91 Å². The molecule has 0 aliphatic carbocycles. The summed E-state index contributed by atoms with van der Waals surface area (Å²) in [6.45, 7) is 4.61. The number of nitro benzene ring substituents is 1. The third kappa shape index (κ3) is 4.85. The van der Waals surface area contributed by atoms with Gasteiger partial charge in [-0.3, -0.25) is 14.9 Å². The molecule has 7 nitrogen and oxygen atoms in total. The standard InChI is InChI=1S/C13H19N3O4/c1-9(2)12(13(14)17)15-7-8-20-11-5-3-10(4-6-11)16(18)19/h3-6,9,12,15H,7-8H2,1-2H3,(H2,14,17). The van der Waals surface area contributed by atoms with Gasteiger partial charge in [0.05, 0.1) is 11.0 Å². The van der Waals surface area contributed by atoms with E-state index >= 15 is 0 Å². The lowest BCUT2D eigenvalue weighted by atomic mass is 10.0. The largest absolute Gasteiger partial charge is 0.492 e. The van der Waals surface area contributed by atoms with Gasteiger partial charge in [0.15, 0.2) is 0 Å². The van der Waals surface area contributed by atoms with Crippen LogP contribution in [0, 0.1) is 16.0 Å². The molecule has 0 saturated carbocycles. The predicted molar refractivity (Wildman–Crippen MR) is 74.4 cm³/mol. The van der Waals surface area contributed by atoms with Crippen molar-refractivity contribution in [3.8, 4) is 5.75 Å². The number of ether oxygens (including phenoxy) is 1. The molecule has 1 aromatic carbocycles. The Hall–Kier alpha value is -2.15. The van der Waals surface area contributed by atoms with E-state index in [9.17, 15) is 14.9 Å². The fourth-order valence-electron chi connectivity index (χ4n) is 1.71. The lowest BCUT2D eigenvalue weighted by Gasteiger charge is -2.18. The Morgan fingerprint density at radius 1 is 1.40 bits per heavy atom. The van der Waals surface area contributed by atoms with E-state index in [0.29, 0.717) is 18.9 Å². The molecule has 0 aromatic heterocycles. The summed E-state index contributed by atoms with van der Waals surface area (Å²) in [5, 5.41) is 13.5. The van der Waals surface area contributed by atoms with Crippen molar-refractivity contribution in [3.63, 3.8) is 0 Å². The highest BCUT2D eigenvalue weighted by atomic mass is 16.6. The number of non-ortho nitro benzene ring substituents is 1. The van der Waals surface area contributed by atoms with Crippen molar-refractivity contribution in [2.75, 3.05) is 13.2 Å². The summed E-state index contributed by atoms with van der Waals surface area (Å²) >= 11 is 0. The van der Waals surface area contributed by atoms with E-state index in [4.69, 9.17) is 10.5 Å². The second-order valence-electron chi connectivity index (χ2n) is 4.68. The third-order valence-corrected chi connectivity index (χ3v) is 2.76. The van der Waals surface area contributed by atoms with Crippen molar-refractivity contribution in [3.05, 3.63) is 34.4 Å². The number of rotatable bonds is 8. The van der Waals surface area contributed by atoms with Gasteiger partial charge in [0.1, 0.15) is 12.4 Å². The van der Waals surface area contributed by atoms with Gasteiger partial charge in [-0.2, -0.15) is 0 Å². The van der Waals surface area contributed by atoms with Crippen LogP contribution in [-0.2, 0) is 4.79 Å². The predicted octanol–water partition coefficient (Wildman–Crippen LogP) is 1.07. The van der Waals surface area contributed by atoms with Crippen molar-refractivity contribution < 1.29 is 14.5 Å². The van der Waals surface area contributed by atoms with Gasteiger partial charge >= 0.3 is 0 Å². The number of hydrogen-bond donors (Lipinski definition) is 2. The van der Waals surface area contributed by atoms with Crippen molar-refractivity contribution in [2.24, 2.45) is 11.7 Å². The molecule has 0 bridgehead atoms. The Bertz CT molecular complexity index is 459. The molecular weight excluding hydrogens is 262 g/mol. The molecule has 0 heterocycles. The van der Waals surface area contributed by atoms with E-state index in [2.05, 4.69) is 5.32 Å². The summed E-state index contributed by atoms with van der Waals surface area (Å²) in [7, 11) is 0. The number of nitrogens with one attached hydrogen (secondary N) is 1. The summed E-state index contributed by atoms with van der Waals surface area (Å²) in [6.07, 6.45) is 0. The number of nitrogens with two attached hydrogens (primary N) is 1. The highest BCUT2D eigenvalue weighted by molar-refractivity contribution is 5.80. The molecule has 110 valence electrons. The smallest absolute Gasteiger partial charge is 0.269 e. The molecule has 1 amide bonds. The van der Waals surface area contributed by atoms with E-state index in [1.807, 2.05) is 13.8 Å². The number of hydrogen-bond acceptors (Lipinski definition) is 5. The normalized spacial score (nSPS) is 12.2. The van der Waals surface area contributed by atoms with E-state index in [0.717, 1.165) is 0 Å². The summed E-state index contributed by atoms with van der Waals surface area (Å²) in [5.41, 5.74) is 5.29. The molecular formula is C13H19N3O4. The molecule has 3 N–H and O–H groups in total. The first kappa shape index (κ1) is 15.9. The Morgan fingerprint density at radius 3 is 2.45 bits per heavy atom. The monoisotopic (exact) mass is 281 g/mol. The van der Waals surface area contributed by atoms with E-state index in [-0.39, 0.29) is 11.6 Å². The quantitative estimate of drug-likeness (QED) is 0.421. The first-order valence-corrected chi connectivity index (χ1v) is 6.31. The van der Waals surface area contributed by atoms with Gasteiger partial charge in [-0.05, 0) is 18.1 Å². The van der Waals surface area contributed by atoms with Gasteiger partial charge in [-0.1, -0.05) is 13.8 Å². The molecule has 1 aromatic rings. The van der Waals surface area contributed by atoms with Gasteiger partial charge in [-0.15, -0.1) is 0 Å². The Morgan fingerprint density at radius 2 is 2.00 bits per heavy atom.